The molecule has 2 atom stereocenters. The quantitative estimate of drug-likeness (QED) is 0.645. The molecule has 3 N–H and O–H groups in total. The fourth-order valence-corrected chi connectivity index (χ4v) is 2.28. The van der Waals surface area contributed by atoms with Crippen molar-refractivity contribution >= 4 is 0 Å². The van der Waals surface area contributed by atoms with E-state index in [4.69, 9.17) is 12.2 Å². The maximum absolute atomic E-state index is 5.87. The second-order valence-corrected chi connectivity index (χ2v) is 4.62. The highest BCUT2D eigenvalue weighted by Gasteiger charge is 2.36. The predicted molar refractivity (Wildman–Crippen MR) is 64.6 cm³/mol. The van der Waals surface area contributed by atoms with Gasteiger partial charge in [-0.25, -0.2) is 0 Å². The first kappa shape index (κ1) is 12.5. The van der Waals surface area contributed by atoms with Gasteiger partial charge in [0.15, 0.2) is 0 Å². The second-order valence-electron chi connectivity index (χ2n) is 4.62. The van der Waals surface area contributed by atoms with Crippen LogP contribution in [0.1, 0.15) is 26.2 Å². The molecule has 0 amide bonds. The molecular weight excluding hydrogens is 186 g/mol. The zero-order valence-electron chi connectivity index (χ0n) is 9.92. The summed E-state index contributed by atoms with van der Waals surface area (Å²) < 4.78 is 0. The van der Waals surface area contributed by atoms with Crippen molar-refractivity contribution in [3.8, 4) is 12.3 Å². The summed E-state index contributed by atoms with van der Waals surface area (Å²) in [4.78, 5) is 2.30. The molecule has 0 radical (unpaired) electrons. The van der Waals surface area contributed by atoms with Gasteiger partial charge in [-0.15, -0.1) is 6.42 Å². The molecule has 0 spiro atoms. The first-order valence-electron chi connectivity index (χ1n) is 5.78. The Morgan fingerprint density at radius 2 is 2.40 bits per heavy atom. The fraction of sp³-hybridized carbons (Fsp3) is 0.833. The van der Waals surface area contributed by atoms with Gasteiger partial charge in [-0.3, -0.25) is 5.32 Å². The van der Waals surface area contributed by atoms with Gasteiger partial charge in [-0.1, -0.05) is 19.3 Å². The normalized spacial score (nSPS) is 28.9. The van der Waals surface area contributed by atoms with E-state index in [1.807, 2.05) is 0 Å². The molecule has 3 nitrogen and oxygen atoms in total. The number of rotatable bonds is 5. The van der Waals surface area contributed by atoms with E-state index in [0.717, 1.165) is 32.4 Å². The molecule has 0 aromatic carbocycles. The number of hydrogen-bond acceptors (Lipinski definition) is 3. The van der Waals surface area contributed by atoms with Crippen molar-refractivity contribution < 1.29 is 0 Å². The Hall–Kier alpha value is -0.560. The van der Waals surface area contributed by atoms with Crippen LogP contribution in [0.3, 0.4) is 0 Å². The molecule has 15 heavy (non-hydrogen) atoms. The van der Waals surface area contributed by atoms with E-state index in [1.54, 1.807) is 0 Å². The molecule has 1 aliphatic heterocycles. The molecule has 1 fully saturated rings. The first-order chi connectivity index (χ1) is 7.15. The largest absolute Gasteiger partial charge is 0.329 e. The predicted octanol–water partition coefficient (Wildman–Crippen LogP) is 0.411. The third-order valence-electron chi connectivity index (χ3n) is 3.19. The second kappa shape index (κ2) is 5.50. The van der Waals surface area contributed by atoms with Gasteiger partial charge in [0.05, 0.1) is 6.04 Å². The Labute approximate surface area is 93.4 Å². The molecule has 1 rings (SSSR count). The van der Waals surface area contributed by atoms with E-state index in [2.05, 4.69) is 30.1 Å². The number of terminal acetylenes is 1. The number of hydrogen-bond donors (Lipinski definition) is 2. The summed E-state index contributed by atoms with van der Waals surface area (Å²) in [6.45, 7) is 4.93. The van der Waals surface area contributed by atoms with E-state index in [9.17, 15) is 0 Å². The molecule has 0 aliphatic carbocycles. The van der Waals surface area contributed by atoms with Crippen LogP contribution in [0.15, 0.2) is 0 Å². The number of nitrogens with two attached hydrogens (primary N) is 1. The summed E-state index contributed by atoms with van der Waals surface area (Å²) in [5.74, 6) is 2.82. The van der Waals surface area contributed by atoms with Crippen LogP contribution in [0.4, 0.5) is 0 Å². The van der Waals surface area contributed by atoms with Gasteiger partial charge in [0.2, 0.25) is 0 Å². The van der Waals surface area contributed by atoms with Gasteiger partial charge in [-0.2, -0.15) is 0 Å². The minimum Gasteiger partial charge on any atom is -0.329 e. The summed E-state index contributed by atoms with van der Waals surface area (Å²) in [5.41, 5.74) is 5.92. The highest BCUT2D eigenvalue weighted by Crippen LogP contribution is 2.20. The number of nitrogens with zero attached hydrogens (tertiary/aromatic N) is 1. The maximum atomic E-state index is 5.87. The minimum absolute atomic E-state index is 0.0426. The van der Waals surface area contributed by atoms with Crippen LogP contribution in [0, 0.1) is 12.3 Å². The van der Waals surface area contributed by atoms with Gasteiger partial charge in [-0.05, 0) is 26.4 Å². The molecular formula is C12H23N3. The molecule has 1 saturated heterocycles. The fourth-order valence-electron chi connectivity index (χ4n) is 2.28. The summed E-state index contributed by atoms with van der Waals surface area (Å²) in [7, 11) is 2.13. The molecule has 1 heterocycles. The van der Waals surface area contributed by atoms with Crippen molar-refractivity contribution in [3.63, 3.8) is 0 Å². The summed E-state index contributed by atoms with van der Waals surface area (Å²) >= 11 is 0. The van der Waals surface area contributed by atoms with Crippen molar-refractivity contribution in [3.05, 3.63) is 0 Å². The Bertz CT molecular complexity index is 234. The molecule has 2 unspecified atom stereocenters. The molecule has 0 aromatic heterocycles. The molecule has 0 bridgehead atoms. The minimum atomic E-state index is 0.0426. The first-order valence-corrected chi connectivity index (χ1v) is 5.78. The van der Waals surface area contributed by atoms with Crippen molar-refractivity contribution in [1.82, 2.24) is 10.2 Å². The zero-order valence-corrected chi connectivity index (χ0v) is 9.92. The summed E-state index contributed by atoms with van der Waals surface area (Å²) in [6, 6.07) is 0.171. The summed E-state index contributed by atoms with van der Waals surface area (Å²) in [5, 5.41) is 3.56. The van der Waals surface area contributed by atoms with Crippen LogP contribution < -0.4 is 11.1 Å². The van der Waals surface area contributed by atoms with Crippen LogP contribution in [-0.2, 0) is 0 Å². The van der Waals surface area contributed by atoms with Crippen LogP contribution >= 0.6 is 0 Å². The summed E-state index contributed by atoms with van der Waals surface area (Å²) in [6.07, 6.45) is 8.76. The molecule has 0 aromatic rings. The SMILES string of the molecule is C#CC(CCC)NC1(CN)CCN(C)C1. The third kappa shape index (κ3) is 3.20. The van der Waals surface area contributed by atoms with Crippen LogP contribution in [0.5, 0.6) is 0 Å². The number of likely N-dealkylation sites (N-methyl/N-ethyl adjacent to an activating group) is 1. The van der Waals surface area contributed by atoms with E-state index in [-0.39, 0.29) is 11.6 Å². The Morgan fingerprint density at radius 3 is 2.80 bits per heavy atom. The average molecular weight is 209 g/mol. The number of nitrogens with one attached hydrogen (secondary N) is 1. The smallest absolute Gasteiger partial charge is 0.0691 e. The van der Waals surface area contributed by atoms with Gasteiger partial charge < -0.3 is 10.6 Å². The maximum Gasteiger partial charge on any atom is 0.0691 e. The van der Waals surface area contributed by atoms with Crippen LogP contribution in [0.25, 0.3) is 0 Å². The topological polar surface area (TPSA) is 41.3 Å². The Morgan fingerprint density at radius 1 is 1.67 bits per heavy atom. The highest BCUT2D eigenvalue weighted by molar-refractivity contribution is 5.06. The van der Waals surface area contributed by atoms with E-state index >= 15 is 0 Å². The van der Waals surface area contributed by atoms with E-state index in [1.165, 1.54) is 0 Å². The Balaban J connectivity index is 2.56. The van der Waals surface area contributed by atoms with Gasteiger partial charge in [0.1, 0.15) is 0 Å². The molecule has 3 heteroatoms. The lowest BCUT2D eigenvalue weighted by Crippen LogP contribution is -2.56. The van der Waals surface area contributed by atoms with Crippen molar-refractivity contribution in [2.45, 2.75) is 37.8 Å². The Kier molecular flexibility index (Phi) is 4.59. The van der Waals surface area contributed by atoms with E-state index in [0.29, 0.717) is 6.54 Å². The lowest BCUT2D eigenvalue weighted by Gasteiger charge is -2.32. The lowest BCUT2D eigenvalue weighted by atomic mass is 9.96. The van der Waals surface area contributed by atoms with Gasteiger partial charge in [0.25, 0.3) is 0 Å². The van der Waals surface area contributed by atoms with Gasteiger partial charge >= 0.3 is 0 Å². The third-order valence-corrected chi connectivity index (χ3v) is 3.19. The monoisotopic (exact) mass is 209 g/mol. The van der Waals surface area contributed by atoms with Crippen molar-refractivity contribution in [2.24, 2.45) is 5.73 Å². The molecule has 0 saturated carbocycles. The van der Waals surface area contributed by atoms with Crippen LogP contribution in [0.2, 0.25) is 0 Å². The van der Waals surface area contributed by atoms with Crippen molar-refractivity contribution in [2.75, 3.05) is 26.7 Å². The lowest BCUT2D eigenvalue weighted by molar-refractivity contribution is 0.298. The number of likely N-dealkylation sites (tertiary alicyclic amines) is 1. The van der Waals surface area contributed by atoms with E-state index < -0.39 is 0 Å². The highest BCUT2D eigenvalue weighted by atomic mass is 15.2. The van der Waals surface area contributed by atoms with Crippen molar-refractivity contribution in [1.29, 1.82) is 0 Å². The average Bonchev–Trinajstić information content (AvgIpc) is 2.60. The van der Waals surface area contributed by atoms with Gasteiger partial charge in [0, 0.05) is 18.6 Å². The standard InChI is InChI=1S/C12H23N3/c1-4-6-11(5-2)14-12(9-13)7-8-15(3)10-12/h2,11,14H,4,6-10,13H2,1,3H3. The van der Waals surface area contributed by atoms with Crippen LogP contribution in [-0.4, -0.2) is 43.2 Å². The molecule has 1 aliphatic rings. The molecule has 86 valence electrons. The zero-order chi connectivity index (χ0) is 11.3.